The minimum Gasteiger partial charge on any atom is -0.448 e. The summed E-state index contributed by atoms with van der Waals surface area (Å²) in [7, 11) is 0. The summed E-state index contributed by atoms with van der Waals surface area (Å²) >= 11 is 0. The smallest absolute Gasteiger partial charge is 0.448 e. The summed E-state index contributed by atoms with van der Waals surface area (Å²) < 4.78 is 34.8. The summed E-state index contributed by atoms with van der Waals surface area (Å²) in [5.74, 6) is 0. The van der Waals surface area contributed by atoms with Gasteiger partial charge in [0.05, 0.1) is 6.61 Å². The Morgan fingerprint density at radius 1 is 1.42 bits per heavy atom. The van der Waals surface area contributed by atoms with Gasteiger partial charge in [0.15, 0.2) is 0 Å². The minimum absolute atomic E-state index is 0. The molecule has 2 nitrogen and oxygen atoms in total. The molecule has 0 aromatic rings. The van der Waals surface area contributed by atoms with Crippen LogP contribution in [0.3, 0.4) is 0 Å². The van der Waals surface area contributed by atoms with Gasteiger partial charge in [-0.25, -0.2) is 0 Å². The van der Waals surface area contributed by atoms with Crippen molar-refractivity contribution in [3.05, 3.63) is 0 Å². The predicted molar refractivity (Wildman–Crippen MR) is 38.2 cm³/mol. The molecule has 7 heteroatoms. The molecule has 0 aromatic heterocycles. The molecule has 0 aliphatic heterocycles. The summed E-state index contributed by atoms with van der Waals surface area (Å²) in [6.45, 7) is -3.30. The Kier molecular flexibility index (Phi) is 10.3. The second kappa shape index (κ2) is 7.78. The van der Waals surface area contributed by atoms with Crippen LogP contribution >= 0.6 is 0 Å². The molecule has 0 saturated heterocycles. The largest absolute Gasteiger partial charge is 1.00 e. The summed E-state index contributed by atoms with van der Waals surface area (Å²) in [6, 6.07) is -0.432. The zero-order valence-electron chi connectivity index (χ0n) is 7.36. The molecular formula is C5H12BF3KNO. The second-order valence-corrected chi connectivity index (χ2v) is 2.41. The first-order valence-corrected chi connectivity index (χ1v) is 3.54. The molecule has 0 spiro atoms. The molecule has 0 aromatic carbocycles. The predicted octanol–water partition coefficient (Wildman–Crippen LogP) is -2.26. The van der Waals surface area contributed by atoms with Gasteiger partial charge in [0, 0.05) is 6.04 Å². The molecule has 1 atom stereocenters. The van der Waals surface area contributed by atoms with Gasteiger partial charge in [-0.2, -0.15) is 0 Å². The molecule has 12 heavy (non-hydrogen) atoms. The standard InChI is InChI=1S/C5H12BF3NO.K/c1-2-5(3-11)10-4-6(7,8)9;/h5,10-11H,2-4H2,1H3;/q-1;+1. The normalized spacial score (nSPS) is 13.8. The van der Waals surface area contributed by atoms with E-state index in [0.29, 0.717) is 6.42 Å². The molecule has 0 aliphatic rings. The van der Waals surface area contributed by atoms with Gasteiger partial charge in [-0.05, 0) is 12.9 Å². The van der Waals surface area contributed by atoms with Gasteiger partial charge in [0.2, 0.25) is 0 Å². The van der Waals surface area contributed by atoms with Crippen molar-refractivity contribution >= 4 is 6.98 Å². The first-order chi connectivity index (χ1) is 4.99. The van der Waals surface area contributed by atoms with Gasteiger partial charge >= 0.3 is 58.4 Å². The first kappa shape index (κ1) is 15.9. The second-order valence-electron chi connectivity index (χ2n) is 2.41. The van der Waals surface area contributed by atoms with Crippen LogP contribution in [0.25, 0.3) is 0 Å². The molecule has 0 saturated carbocycles. The fourth-order valence-electron chi connectivity index (χ4n) is 0.638. The summed E-state index contributed by atoms with van der Waals surface area (Å²) in [4.78, 5) is 0. The van der Waals surface area contributed by atoms with Gasteiger partial charge in [-0.1, -0.05) is 6.92 Å². The molecule has 68 valence electrons. The van der Waals surface area contributed by atoms with E-state index in [-0.39, 0.29) is 58.0 Å². The van der Waals surface area contributed by atoms with Crippen LogP contribution in [0.5, 0.6) is 0 Å². The number of aliphatic hydroxyl groups excluding tert-OH is 1. The number of rotatable bonds is 5. The van der Waals surface area contributed by atoms with Gasteiger partial charge in [-0.3, -0.25) is 0 Å². The van der Waals surface area contributed by atoms with Crippen molar-refractivity contribution in [2.24, 2.45) is 0 Å². The van der Waals surface area contributed by atoms with Crippen molar-refractivity contribution < 1.29 is 69.4 Å². The van der Waals surface area contributed by atoms with Crippen molar-refractivity contribution in [3.63, 3.8) is 0 Å². The van der Waals surface area contributed by atoms with Crippen LogP contribution in [-0.2, 0) is 0 Å². The van der Waals surface area contributed by atoms with Crippen LogP contribution in [0, 0.1) is 0 Å². The van der Waals surface area contributed by atoms with E-state index < -0.39 is 19.5 Å². The molecule has 0 amide bonds. The number of hydrogen-bond donors (Lipinski definition) is 2. The average Bonchev–Trinajstić information content (AvgIpc) is 1.88. The van der Waals surface area contributed by atoms with Crippen molar-refractivity contribution in [2.45, 2.75) is 19.4 Å². The maximum Gasteiger partial charge on any atom is 1.00 e. The van der Waals surface area contributed by atoms with Crippen molar-refractivity contribution in [2.75, 3.05) is 13.1 Å². The maximum absolute atomic E-state index is 11.6. The van der Waals surface area contributed by atoms with Crippen molar-refractivity contribution in [1.82, 2.24) is 5.32 Å². The van der Waals surface area contributed by atoms with Gasteiger partial charge in [-0.15, -0.1) is 0 Å². The monoisotopic (exact) mass is 209 g/mol. The van der Waals surface area contributed by atoms with Crippen LogP contribution in [-0.4, -0.2) is 31.2 Å². The molecule has 0 rings (SSSR count). The SMILES string of the molecule is CCC(CO)NC[B-](F)(F)F.[K+]. The molecule has 0 bridgehead atoms. The number of hydrogen-bond acceptors (Lipinski definition) is 2. The van der Waals surface area contributed by atoms with E-state index in [9.17, 15) is 12.9 Å². The van der Waals surface area contributed by atoms with Crippen LogP contribution in [0.15, 0.2) is 0 Å². The molecule has 1 unspecified atom stereocenters. The van der Waals surface area contributed by atoms with Gasteiger partial charge in [0.25, 0.3) is 0 Å². The Bertz CT molecular complexity index is 109. The third kappa shape index (κ3) is 9.50. The summed E-state index contributed by atoms with van der Waals surface area (Å²) in [6.07, 6.45) is -0.471. The van der Waals surface area contributed by atoms with Gasteiger partial charge in [0.1, 0.15) is 0 Å². The number of halogens is 3. The third-order valence-corrected chi connectivity index (χ3v) is 1.35. The zero-order valence-corrected chi connectivity index (χ0v) is 10.5. The fourth-order valence-corrected chi connectivity index (χ4v) is 0.638. The Morgan fingerprint density at radius 2 is 1.92 bits per heavy atom. The van der Waals surface area contributed by atoms with Crippen LogP contribution in [0.2, 0.25) is 0 Å². The maximum atomic E-state index is 11.6. The minimum atomic E-state index is -4.77. The molecule has 2 N–H and O–H groups in total. The Labute approximate surface area is 113 Å². The summed E-state index contributed by atoms with van der Waals surface area (Å²) in [5, 5.41) is 10.7. The Hall–Kier alpha value is 1.41. The summed E-state index contributed by atoms with van der Waals surface area (Å²) in [5.41, 5.74) is 0. The first-order valence-electron chi connectivity index (χ1n) is 3.54. The van der Waals surface area contributed by atoms with Crippen molar-refractivity contribution in [3.8, 4) is 0 Å². The zero-order chi connectivity index (χ0) is 8.91. The van der Waals surface area contributed by atoms with Crippen LogP contribution in [0.4, 0.5) is 12.9 Å². The van der Waals surface area contributed by atoms with E-state index in [0.717, 1.165) is 0 Å². The van der Waals surface area contributed by atoms with E-state index in [2.05, 4.69) is 5.32 Å². The van der Waals surface area contributed by atoms with E-state index in [1.165, 1.54) is 0 Å². The van der Waals surface area contributed by atoms with Crippen molar-refractivity contribution in [1.29, 1.82) is 0 Å². The Morgan fingerprint density at radius 3 is 2.17 bits per heavy atom. The average molecular weight is 209 g/mol. The van der Waals surface area contributed by atoms with E-state index >= 15 is 0 Å². The molecule has 0 fully saturated rings. The third-order valence-electron chi connectivity index (χ3n) is 1.35. The van der Waals surface area contributed by atoms with Crippen LogP contribution < -0.4 is 56.7 Å². The molecule has 0 heterocycles. The van der Waals surface area contributed by atoms with E-state index in [1.807, 2.05) is 0 Å². The van der Waals surface area contributed by atoms with Crippen LogP contribution in [0.1, 0.15) is 13.3 Å². The number of nitrogens with one attached hydrogen (secondary N) is 1. The topological polar surface area (TPSA) is 32.3 Å². The molecule has 0 radical (unpaired) electrons. The quantitative estimate of drug-likeness (QED) is 0.501. The molecule has 0 aliphatic carbocycles. The fraction of sp³-hybridized carbons (Fsp3) is 1.00. The molecular weight excluding hydrogens is 197 g/mol. The Balaban J connectivity index is 0. The van der Waals surface area contributed by atoms with Gasteiger partial charge < -0.3 is 23.4 Å². The van der Waals surface area contributed by atoms with E-state index in [4.69, 9.17) is 5.11 Å². The van der Waals surface area contributed by atoms with E-state index in [1.54, 1.807) is 6.92 Å². The number of aliphatic hydroxyl groups is 1.